The summed E-state index contributed by atoms with van der Waals surface area (Å²) < 4.78 is 35.6. The molecule has 2 aliphatic heterocycles. The van der Waals surface area contributed by atoms with Crippen LogP contribution in [-0.4, -0.2) is 45.3 Å². The zero-order valence-corrected chi connectivity index (χ0v) is 20.0. The summed E-state index contributed by atoms with van der Waals surface area (Å²) in [7, 11) is 2.18. The molecule has 11 heteroatoms. The van der Waals surface area contributed by atoms with Gasteiger partial charge in [0.05, 0.1) is 12.6 Å². The van der Waals surface area contributed by atoms with E-state index in [1.165, 1.54) is 15.7 Å². The van der Waals surface area contributed by atoms with E-state index in [0.29, 0.717) is 11.8 Å². The van der Waals surface area contributed by atoms with Crippen LogP contribution in [0.15, 0.2) is 23.1 Å². The SMILES string of the molecule is CC[C@H]1C[C@@H](C)CN2C(=O)c3c(O)c(=O)c(C(=O)NCc4c(F)cc(P)cc4F)cn3CC2O1. The molecule has 1 fully saturated rings. The van der Waals surface area contributed by atoms with Crippen LogP contribution in [0.4, 0.5) is 8.78 Å². The summed E-state index contributed by atoms with van der Waals surface area (Å²) in [4.78, 5) is 40.1. The molecule has 2 N–H and O–H groups in total. The average molecular weight is 493 g/mol. The molecule has 2 aromatic rings. The summed E-state index contributed by atoms with van der Waals surface area (Å²) >= 11 is 0. The Morgan fingerprint density at radius 3 is 2.59 bits per heavy atom. The van der Waals surface area contributed by atoms with Crippen LogP contribution < -0.4 is 16.1 Å². The Kier molecular flexibility index (Phi) is 6.73. The van der Waals surface area contributed by atoms with Gasteiger partial charge < -0.3 is 24.6 Å². The normalized spacial score (nSPS) is 22.1. The van der Waals surface area contributed by atoms with E-state index in [1.807, 2.05) is 13.8 Å². The van der Waals surface area contributed by atoms with Crippen LogP contribution in [0.1, 0.15) is 53.1 Å². The molecule has 3 heterocycles. The summed E-state index contributed by atoms with van der Waals surface area (Å²) in [5, 5.41) is 13.2. The molecular formula is C23H26F2N3O5P. The maximum absolute atomic E-state index is 14.1. The molecule has 0 spiro atoms. The molecular weight excluding hydrogens is 467 g/mol. The number of pyridine rings is 1. The number of hydrogen-bond acceptors (Lipinski definition) is 5. The van der Waals surface area contributed by atoms with Crippen LogP contribution in [0.25, 0.3) is 0 Å². The average Bonchev–Trinajstić information content (AvgIpc) is 2.93. The van der Waals surface area contributed by atoms with Gasteiger partial charge in [0.2, 0.25) is 5.43 Å². The van der Waals surface area contributed by atoms with Crippen LogP contribution in [0.5, 0.6) is 5.75 Å². The number of benzene rings is 1. The van der Waals surface area contributed by atoms with Gasteiger partial charge in [-0.15, -0.1) is 9.24 Å². The number of nitrogens with zero attached hydrogens (tertiary/aromatic N) is 2. The van der Waals surface area contributed by atoms with Crippen LogP contribution in [0.2, 0.25) is 0 Å². The predicted molar refractivity (Wildman–Crippen MR) is 123 cm³/mol. The van der Waals surface area contributed by atoms with Gasteiger partial charge in [-0.05, 0) is 36.2 Å². The molecule has 2 aliphatic rings. The molecule has 0 saturated carbocycles. The van der Waals surface area contributed by atoms with Crippen LogP contribution in [-0.2, 0) is 17.8 Å². The predicted octanol–water partition coefficient (Wildman–Crippen LogP) is 1.88. The highest BCUT2D eigenvalue weighted by molar-refractivity contribution is 7.27. The molecule has 34 heavy (non-hydrogen) atoms. The van der Waals surface area contributed by atoms with E-state index in [2.05, 4.69) is 14.6 Å². The number of amides is 2. The number of rotatable bonds is 4. The van der Waals surface area contributed by atoms with Crippen LogP contribution in [0, 0.1) is 17.6 Å². The van der Waals surface area contributed by atoms with E-state index in [0.717, 1.165) is 25.0 Å². The minimum Gasteiger partial charge on any atom is -0.503 e. The van der Waals surface area contributed by atoms with Crippen LogP contribution in [0.3, 0.4) is 0 Å². The van der Waals surface area contributed by atoms with Gasteiger partial charge in [-0.25, -0.2) is 8.78 Å². The van der Waals surface area contributed by atoms with Crippen molar-refractivity contribution >= 4 is 26.4 Å². The number of aromatic nitrogens is 1. The maximum Gasteiger partial charge on any atom is 0.276 e. The molecule has 4 rings (SSSR count). The Morgan fingerprint density at radius 2 is 1.94 bits per heavy atom. The van der Waals surface area contributed by atoms with E-state index in [4.69, 9.17) is 4.74 Å². The van der Waals surface area contributed by atoms with E-state index >= 15 is 0 Å². The summed E-state index contributed by atoms with van der Waals surface area (Å²) in [5.74, 6) is -3.84. The fourth-order valence-electron chi connectivity index (χ4n) is 4.49. The Labute approximate surface area is 197 Å². The number of fused-ring (bicyclic) bond motifs is 2. The van der Waals surface area contributed by atoms with Gasteiger partial charge in [0, 0.05) is 24.8 Å². The zero-order valence-electron chi connectivity index (χ0n) is 18.8. The number of carbonyl (C=O) groups is 2. The van der Waals surface area contributed by atoms with Crippen molar-refractivity contribution in [2.24, 2.45) is 5.92 Å². The van der Waals surface area contributed by atoms with Gasteiger partial charge in [0.1, 0.15) is 17.2 Å². The smallest absolute Gasteiger partial charge is 0.276 e. The number of carbonyl (C=O) groups excluding carboxylic acids is 2. The molecule has 0 aliphatic carbocycles. The van der Waals surface area contributed by atoms with Gasteiger partial charge in [0.15, 0.2) is 17.7 Å². The number of ether oxygens (including phenoxy) is 1. The highest BCUT2D eigenvalue weighted by Gasteiger charge is 2.40. The highest BCUT2D eigenvalue weighted by atomic mass is 31.0. The third-order valence-electron chi connectivity index (χ3n) is 6.23. The van der Waals surface area contributed by atoms with Gasteiger partial charge >= 0.3 is 0 Å². The lowest BCUT2D eigenvalue weighted by Crippen LogP contribution is -2.51. The number of hydrogen-bond donors (Lipinski definition) is 2. The number of halogens is 2. The monoisotopic (exact) mass is 493 g/mol. The molecule has 1 saturated heterocycles. The van der Waals surface area contributed by atoms with Crippen molar-refractivity contribution in [1.82, 2.24) is 14.8 Å². The first-order valence-electron chi connectivity index (χ1n) is 11.0. The van der Waals surface area contributed by atoms with Crippen LogP contribution >= 0.6 is 9.24 Å². The highest BCUT2D eigenvalue weighted by Crippen LogP contribution is 2.30. The molecule has 182 valence electrons. The van der Waals surface area contributed by atoms with Crippen molar-refractivity contribution in [3.05, 3.63) is 57.0 Å². The van der Waals surface area contributed by atoms with E-state index in [-0.39, 0.29) is 29.8 Å². The second-order valence-corrected chi connectivity index (χ2v) is 9.45. The molecule has 4 atom stereocenters. The summed E-state index contributed by atoms with van der Waals surface area (Å²) in [6, 6.07) is 2.20. The quantitative estimate of drug-likeness (QED) is 0.634. The molecule has 1 aromatic carbocycles. The Balaban J connectivity index is 1.63. The van der Waals surface area contributed by atoms with Crippen molar-refractivity contribution in [1.29, 1.82) is 0 Å². The molecule has 8 nitrogen and oxygen atoms in total. The fraction of sp³-hybridized carbons (Fsp3) is 0.435. The topological polar surface area (TPSA) is 101 Å². The third kappa shape index (κ3) is 4.44. The Bertz CT molecular complexity index is 1190. The first-order valence-corrected chi connectivity index (χ1v) is 11.6. The van der Waals surface area contributed by atoms with E-state index in [9.17, 15) is 28.3 Å². The molecule has 1 aromatic heterocycles. The Hall–Kier alpha value is -2.84. The minimum atomic E-state index is -1.04. The maximum atomic E-state index is 14.1. The number of aromatic hydroxyl groups is 1. The Morgan fingerprint density at radius 1 is 1.26 bits per heavy atom. The minimum absolute atomic E-state index is 0.0483. The second-order valence-electron chi connectivity index (χ2n) is 8.79. The van der Waals surface area contributed by atoms with Gasteiger partial charge in [0.25, 0.3) is 11.8 Å². The van der Waals surface area contributed by atoms with E-state index < -0.39 is 53.0 Å². The largest absolute Gasteiger partial charge is 0.503 e. The molecule has 2 amide bonds. The summed E-state index contributed by atoms with van der Waals surface area (Å²) in [5.41, 5.74) is -2.05. The lowest BCUT2D eigenvalue weighted by atomic mass is 10.0. The van der Waals surface area contributed by atoms with E-state index in [1.54, 1.807) is 0 Å². The van der Waals surface area contributed by atoms with Crippen molar-refractivity contribution < 1.29 is 28.2 Å². The first-order chi connectivity index (χ1) is 16.1. The van der Waals surface area contributed by atoms with Gasteiger partial charge in [-0.2, -0.15) is 0 Å². The van der Waals surface area contributed by atoms with Gasteiger partial charge in [-0.1, -0.05) is 13.8 Å². The molecule has 0 radical (unpaired) electrons. The van der Waals surface area contributed by atoms with Crippen molar-refractivity contribution in [2.75, 3.05) is 6.54 Å². The van der Waals surface area contributed by atoms with Gasteiger partial charge in [-0.3, -0.25) is 14.4 Å². The lowest BCUT2D eigenvalue weighted by Gasteiger charge is -2.37. The van der Waals surface area contributed by atoms with Crippen molar-refractivity contribution in [3.63, 3.8) is 0 Å². The zero-order chi connectivity index (χ0) is 24.7. The standard InChI is InChI=1S/C23H26F2N3O5P/c1-3-12-4-11(2)8-28-18(33-12)10-27-9-15(20(29)21(30)19(27)23(28)32)22(31)26-7-14-16(24)5-13(34)6-17(14)25/h5-6,9,11-12,18,30H,3-4,7-8,10,34H2,1-2H3,(H,26,31)/t11-,12+,18?/m1/s1. The third-order valence-corrected chi connectivity index (χ3v) is 6.57. The number of nitrogens with one attached hydrogen (secondary N) is 1. The van der Waals surface area contributed by atoms with Crippen molar-refractivity contribution in [2.45, 2.75) is 52.1 Å². The second kappa shape index (κ2) is 9.43. The molecule has 2 unspecified atom stereocenters. The summed E-state index contributed by atoms with van der Waals surface area (Å²) in [6.07, 6.45) is 2.06. The lowest BCUT2D eigenvalue weighted by molar-refractivity contribution is -0.0862. The first kappa shape index (κ1) is 24.3. The molecule has 0 bridgehead atoms. The van der Waals surface area contributed by atoms with Crippen molar-refractivity contribution in [3.8, 4) is 5.75 Å². The summed E-state index contributed by atoms with van der Waals surface area (Å²) in [6.45, 7) is 4.04. The fourth-order valence-corrected chi connectivity index (χ4v) is 4.78.